The first-order valence-electron chi connectivity index (χ1n) is 8.41. The van der Waals surface area contributed by atoms with E-state index in [1.807, 2.05) is 4.90 Å². The molecule has 1 saturated carbocycles. The summed E-state index contributed by atoms with van der Waals surface area (Å²) in [5.74, 6) is -0.0253. The van der Waals surface area contributed by atoms with Crippen LogP contribution in [-0.4, -0.2) is 31.1 Å². The molecule has 2 aliphatic rings. The van der Waals surface area contributed by atoms with Crippen LogP contribution in [0.15, 0.2) is 18.2 Å². The van der Waals surface area contributed by atoms with Gasteiger partial charge in [-0.05, 0) is 42.5 Å². The molecule has 1 saturated heterocycles. The molecule has 0 unspecified atom stereocenters. The van der Waals surface area contributed by atoms with Crippen molar-refractivity contribution in [1.82, 2.24) is 10.2 Å². The van der Waals surface area contributed by atoms with Crippen molar-refractivity contribution in [1.29, 1.82) is 0 Å². The van der Waals surface area contributed by atoms with Crippen molar-refractivity contribution in [2.45, 2.75) is 37.7 Å². The van der Waals surface area contributed by atoms with Gasteiger partial charge in [-0.3, -0.25) is 4.90 Å². The average molecular weight is 403 g/mol. The van der Waals surface area contributed by atoms with Gasteiger partial charge in [0.2, 0.25) is 0 Å². The summed E-state index contributed by atoms with van der Waals surface area (Å²) < 4.78 is 79.7. The number of hydrogen-bond acceptors (Lipinski definition) is 2. The van der Waals surface area contributed by atoms with Gasteiger partial charge in [-0.1, -0.05) is 6.42 Å². The Morgan fingerprint density at radius 3 is 2.04 bits per heavy atom. The Balaban J connectivity index is 0.00000243. The summed E-state index contributed by atoms with van der Waals surface area (Å²) in [5.41, 5.74) is -2.19. The van der Waals surface area contributed by atoms with Gasteiger partial charge in [0.25, 0.3) is 0 Å². The fourth-order valence-electron chi connectivity index (χ4n) is 3.71. The third kappa shape index (κ3) is 4.46. The lowest BCUT2D eigenvalue weighted by Gasteiger charge is -2.44. The van der Waals surface area contributed by atoms with Crippen LogP contribution in [0.2, 0.25) is 0 Å². The zero-order valence-corrected chi connectivity index (χ0v) is 14.8. The zero-order chi connectivity index (χ0) is 18.2. The minimum absolute atomic E-state index is 0. The maximum absolute atomic E-state index is 13.5. The molecule has 1 aliphatic carbocycles. The fraction of sp³-hybridized carbons (Fsp3) is 0.647. The molecule has 2 nitrogen and oxygen atoms in total. The summed E-state index contributed by atoms with van der Waals surface area (Å²) in [7, 11) is 0. The summed E-state index contributed by atoms with van der Waals surface area (Å²) in [6.07, 6.45) is -6.92. The first-order chi connectivity index (χ1) is 11.7. The maximum Gasteiger partial charge on any atom is 0.416 e. The highest BCUT2D eigenvalue weighted by Crippen LogP contribution is 2.47. The topological polar surface area (TPSA) is 15.3 Å². The molecule has 1 N–H and O–H groups in total. The summed E-state index contributed by atoms with van der Waals surface area (Å²) in [5, 5.41) is 3.13. The lowest BCUT2D eigenvalue weighted by atomic mass is 9.75. The molecule has 1 aliphatic heterocycles. The largest absolute Gasteiger partial charge is 0.416 e. The van der Waals surface area contributed by atoms with Crippen molar-refractivity contribution in [2.24, 2.45) is 5.92 Å². The molecule has 1 atom stereocenters. The van der Waals surface area contributed by atoms with E-state index in [1.54, 1.807) is 0 Å². The van der Waals surface area contributed by atoms with E-state index in [0.717, 1.165) is 19.3 Å². The van der Waals surface area contributed by atoms with Crippen LogP contribution < -0.4 is 5.32 Å². The van der Waals surface area contributed by atoms with Gasteiger partial charge >= 0.3 is 12.4 Å². The number of alkyl halides is 6. The second-order valence-corrected chi connectivity index (χ2v) is 6.72. The molecule has 0 spiro atoms. The first-order valence-corrected chi connectivity index (χ1v) is 8.41. The Morgan fingerprint density at radius 2 is 1.58 bits per heavy atom. The van der Waals surface area contributed by atoms with Gasteiger partial charge in [-0.15, -0.1) is 12.4 Å². The van der Waals surface area contributed by atoms with Crippen molar-refractivity contribution < 1.29 is 26.3 Å². The van der Waals surface area contributed by atoms with E-state index in [4.69, 9.17) is 0 Å². The van der Waals surface area contributed by atoms with Crippen molar-refractivity contribution in [3.63, 3.8) is 0 Å². The molecular weight excluding hydrogens is 382 g/mol. The third-order valence-electron chi connectivity index (χ3n) is 5.14. The van der Waals surface area contributed by atoms with Crippen LogP contribution >= 0.6 is 12.4 Å². The van der Waals surface area contributed by atoms with E-state index in [2.05, 4.69) is 5.32 Å². The number of benzene rings is 1. The molecule has 1 aromatic carbocycles. The molecule has 1 aromatic rings. The molecule has 3 rings (SSSR count). The standard InChI is InChI=1S/C17H20F6N2.ClH/c18-16(19,20)12-4-5-14(17(21,22)23)13(10-12)15(11-2-1-3-11)25-8-6-24-7-9-25;/h4-5,10-11,15,24H,1-3,6-9H2;1H/t15-;/m0./s1. The molecule has 9 heteroatoms. The lowest BCUT2D eigenvalue weighted by molar-refractivity contribution is -0.142. The Bertz CT molecular complexity index is 606. The first kappa shape index (κ1) is 21.3. The molecule has 0 amide bonds. The Hall–Kier alpha value is -0.990. The number of piperazine rings is 1. The summed E-state index contributed by atoms with van der Waals surface area (Å²) in [6, 6.07) is 1.22. The van der Waals surface area contributed by atoms with Gasteiger partial charge in [-0.2, -0.15) is 26.3 Å². The van der Waals surface area contributed by atoms with Crippen LogP contribution in [0.5, 0.6) is 0 Å². The average Bonchev–Trinajstić information content (AvgIpc) is 2.49. The minimum atomic E-state index is -4.67. The molecule has 0 bridgehead atoms. The highest BCUT2D eigenvalue weighted by molar-refractivity contribution is 5.85. The van der Waals surface area contributed by atoms with Gasteiger partial charge in [0.05, 0.1) is 11.1 Å². The Morgan fingerprint density at radius 1 is 0.962 bits per heavy atom. The molecule has 0 radical (unpaired) electrons. The lowest BCUT2D eigenvalue weighted by Crippen LogP contribution is -2.48. The summed E-state index contributed by atoms with van der Waals surface area (Å²) in [6.45, 7) is 2.33. The molecule has 26 heavy (non-hydrogen) atoms. The number of halogens is 7. The van der Waals surface area contributed by atoms with Crippen molar-refractivity contribution in [3.8, 4) is 0 Å². The van der Waals surface area contributed by atoms with E-state index >= 15 is 0 Å². The quantitative estimate of drug-likeness (QED) is 0.724. The Labute approximate surface area is 154 Å². The number of hydrogen-bond donors (Lipinski definition) is 1. The van der Waals surface area contributed by atoms with Crippen molar-refractivity contribution in [3.05, 3.63) is 34.9 Å². The molecule has 0 aromatic heterocycles. The number of rotatable bonds is 3. The normalized spacial score (nSPS) is 21.0. The predicted molar refractivity (Wildman–Crippen MR) is 88.2 cm³/mol. The van der Waals surface area contributed by atoms with Crippen molar-refractivity contribution >= 4 is 12.4 Å². The van der Waals surface area contributed by atoms with Gasteiger partial charge < -0.3 is 5.32 Å². The number of nitrogens with one attached hydrogen (secondary N) is 1. The van der Waals surface area contributed by atoms with Crippen molar-refractivity contribution in [2.75, 3.05) is 26.2 Å². The summed E-state index contributed by atoms with van der Waals surface area (Å²) in [4.78, 5) is 1.91. The monoisotopic (exact) mass is 402 g/mol. The predicted octanol–water partition coefficient (Wildman–Crippen LogP) is 4.89. The fourth-order valence-corrected chi connectivity index (χ4v) is 3.71. The van der Waals surface area contributed by atoms with Gasteiger partial charge in [0.1, 0.15) is 0 Å². The second kappa shape index (κ2) is 7.94. The van der Waals surface area contributed by atoms with Crippen LogP contribution in [-0.2, 0) is 12.4 Å². The van der Waals surface area contributed by atoms with Crippen LogP contribution in [0, 0.1) is 5.92 Å². The van der Waals surface area contributed by atoms with Crippen LogP contribution in [0.3, 0.4) is 0 Å². The molecular formula is C17H21ClF6N2. The van der Waals surface area contributed by atoms with Gasteiger partial charge in [-0.25, -0.2) is 0 Å². The third-order valence-corrected chi connectivity index (χ3v) is 5.14. The van der Waals surface area contributed by atoms with E-state index in [-0.39, 0.29) is 23.9 Å². The van der Waals surface area contributed by atoms with Gasteiger partial charge in [0.15, 0.2) is 0 Å². The molecule has 1 heterocycles. The van der Waals surface area contributed by atoms with E-state index in [1.165, 1.54) is 0 Å². The molecule has 148 valence electrons. The summed E-state index contributed by atoms with van der Waals surface area (Å²) >= 11 is 0. The van der Waals surface area contributed by atoms with E-state index in [9.17, 15) is 26.3 Å². The number of nitrogens with zero attached hydrogens (tertiary/aromatic N) is 1. The van der Waals surface area contributed by atoms with E-state index < -0.39 is 29.5 Å². The maximum atomic E-state index is 13.5. The van der Waals surface area contributed by atoms with Crippen LogP contribution in [0.1, 0.15) is 42.0 Å². The highest BCUT2D eigenvalue weighted by atomic mass is 35.5. The van der Waals surface area contributed by atoms with Gasteiger partial charge in [0, 0.05) is 32.2 Å². The van der Waals surface area contributed by atoms with Crippen LogP contribution in [0.25, 0.3) is 0 Å². The highest BCUT2D eigenvalue weighted by Gasteiger charge is 2.42. The Kier molecular flexibility index (Phi) is 6.51. The molecule has 2 fully saturated rings. The SMILES string of the molecule is Cl.FC(F)(F)c1ccc(C(F)(F)F)c([C@H](C2CCC2)N2CCNCC2)c1. The zero-order valence-electron chi connectivity index (χ0n) is 14.0. The van der Waals surface area contributed by atoms with E-state index in [0.29, 0.717) is 44.4 Å². The van der Waals surface area contributed by atoms with Crippen LogP contribution in [0.4, 0.5) is 26.3 Å². The smallest absolute Gasteiger partial charge is 0.314 e. The minimum Gasteiger partial charge on any atom is -0.314 e. The second-order valence-electron chi connectivity index (χ2n) is 6.72.